The maximum atomic E-state index is 13.6. The maximum Gasteiger partial charge on any atom is 0.364 e. The van der Waals surface area contributed by atoms with Crippen LogP contribution in [-0.4, -0.2) is 215 Å². The van der Waals surface area contributed by atoms with Crippen LogP contribution in [0.4, 0.5) is 0 Å². The highest BCUT2D eigenvalue weighted by atomic mass is 16.8. The van der Waals surface area contributed by atoms with Gasteiger partial charge in [0.05, 0.1) is 50.7 Å². The Labute approximate surface area is 620 Å². The lowest BCUT2D eigenvalue weighted by Gasteiger charge is -2.50. The number of aliphatic carboxylic acids is 1. The zero-order valence-electron chi connectivity index (χ0n) is 64.2. The van der Waals surface area contributed by atoms with E-state index in [4.69, 9.17) is 28.4 Å². The van der Waals surface area contributed by atoms with E-state index in [9.17, 15) is 75.7 Å². The Kier molecular flexibility index (Phi) is 54.6. The number of allylic oxidation sites excluding steroid dienone is 1. The third-order valence-corrected chi connectivity index (χ3v) is 21.2. The molecule has 3 rings (SSSR count). The van der Waals surface area contributed by atoms with Gasteiger partial charge in [-0.05, 0) is 19.3 Å². The van der Waals surface area contributed by atoms with Crippen LogP contribution in [0, 0.1) is 0 Å². The number of aliphatic hydroxyl groups is 11. The number of hydrogen-bond donors (Lipinski definition) is 14. The number of rotatable bonds is 66. The lowest BCUT2D eigenvalue weighted by atomic mass is 9.88. The van der Waals surface area contributed by atoms with Crippen molar-refractivity contribution >= 4 is 17.8 Å². The Morgan fingerprint density at radius 3 is 1.29 bits per heavy atom. The summed E-state index contributed by atoms with van der Waals surface area (Å²) in [5.41, 5.74) is 0. The molecule has 0 bridgehead atoms. The third-order valence-electron chi connectivity index (χ3n) is 21.2. The van der Waals surface area contributed by atoms with Crippen LogP contribution in [0.3, 0.4) is 0 Å². The first-order valence-electron chi connectivity index (χ1n) is 41.6. The van der Waals surface area contributed by atoms with Crippen molar-refractivity contribution in [3.63, 3.8) is 0 Å². The van der Waals surface area contributed by atoms with Crippen LogP contribution < -0.4 is 10.6 Å². The first-order chi connectivity index (χ1) is 49.9. The second kappa shape index (κ2) is 59.4. The molecule has 103 heavy (non-hydrogen) atoms. The number of carbonyl (C=O) groups is 3. The Balaban J connectivity index is 1.51. The van der Waals surface area contributed by atoms with Gasteiger partial charge < -0.3 is 100 Å². The first-order valence-corrected chi connectivity index (χ1v) is 41.6. The number of carbonyl (C=O) groups excluding carboxylic acids is 2. The van der Waals surface area contributed by atoms with Crippen LogP contribution in [0.5, 0.6) is 0 Å². The van der Waals surface area contributed by atoms with Crippen molar-refractivity contribution in [2.75, 3.05) is 26.4 Å². The van der Waals surface area contributed by atoms with E-state index in [0.717, 1.165) is 51.9 Å². The summed E-state index contributed by atoms with van der Waals surface area (Å²) < 4.78 is 34.9. The largest absolute Gasteiger partial charge is 0.477 e. The summed E-state index contributed by atoms with van der Waals surface area (Å²) in [7, 11) is 0. The zero-order chi connectivity index (χ0) is 75.3. The summed E-state index contributed by atoms with van der Waals surface area (Å²) in [6, 6.07) is -2.62. The van der Waals surface area contributed by atoms with Crippen molar-refractivity contribution in [1.29, 1.82) is 0 Å². The fourth-order valence-electron chi connectivity index (χ4n) is 14.7. The van der Waals surface area contributed by atoms with Gasteiger partial charge >= 0.3 is 5.97 Å². The molecule has 14 N–H and O–H groups in total. The standard InChI is InChI=1S/C80H150N2O21/c1-4-6-8-10-12-14-16-18-20-22-24-26-28-30-32-34-36-38-40-42-44-46-48-50-52-54-67(90)82-61(62(87)53-51-49-47-45-43-41-39-37-35-33-31-29-27-25-23-21-19-17-15-13-11-9-7-5-2)59-98-77-72(94)71(93)74(66(58-85)100-77)101-78-73(95)76(70(92)65(57-84)99-78)103-80(79(96)97)55-63(88)68(81-60(3)86)75(102-80)69(91)64(89)56-83/h51,53,61-66,68-78,83-85,87-89,91-95H,4-50,52,54-59H2,1-3H3,(H,81,86)(H,82,90)(H,96,97)/b53-51+. The summed E-state index contributed by atoms with van der Waals surface area (Å²) in [6.07, 6.45) is 35.3. The highest BCUT2D eigenvalue weighted by molar-refractivity contribution is 5.77. The van der Waals surface area contributed by atoms with Crippen molar-refractivity contribution in [3.05, 3.63) is 12.2 Å². The number of carboxylic acids is 1. The monoisotopic (exact) mass is 1480 g/mol. The number of amides is 2. The summed E-state index contributed by atoms with van der Waals surface area (Å²) in [5.74, 6) is -6.13. The van der Waals surface area contributed by atoms with Crippen LogP contribution in [-0.2, 0) is 42.8 Å². The van der Waals surface area contributed by atoms with E-state index in [1.54, 1.807) is 6.08 Å². The molecule has 3 saturated heterocycles. The van der Waals surface area contributed by atoms with Crippen molar-refractivity contribution in [1.82, 2.24) is 10.6 Å². The topological polar surface area (TPSA) is 373 Å². The van der Waals surface area contributed by atoms with Gasteiger partial charge in [-0.3, -0.25) is 9.59 Å². The van der Waals surface area contributed by atoms with Gasteiger partial charge in [0.1, 0.15) is 67.1 Å². The van der Waals surface area contributed by atoms with E-state index in [-0.39, 0.29) is 12.3 Å². The molecule has 0 aromatic heterocycles. The smallest absolute Gasteiger partial charge is 0.364 e. The fourth-order valence-corrected chi connectivity index (χ4v) is 14.7. The maximum absolute atomic E-state index is 13.6. The summed E-state index contributed by atoms with van der Waals surface area (Å²) in [4.78, 5) is 38.7. The summed E-state index contributed by atoms with van der Waals surface area (Å²) in [6.45, 7) is 2.21. The van der Waals surface area contributed by atoms with E-state index in [1.807, 2.05) is 6.08 Å². The van der Waals surface area contributed by atoms with Gasteiger partial charge in [0.15, 0.2) is 12.6 Å². The van der Waals surface area contributed by atoms with Crippen molar-refractivity contribution in [2.24, 2.45) is 0 Å². The second-order valence-corrected chi connectivity index (χ2v) is 30.4. The predicted octanol–water partition coefficient (Wildman–Crippen LogP) is 11.4. The average Bonchev–Trinajstić information content (AvgIpc) is 0.754. The van der Waals surface area contributed by atoms with E-state index >= 15 is 0 Å². The molecule has 23 heteroatoms. The van der Waals surface area contributed by atoms with Gasteiger partial charge in [-0.1, -0.05) is 315 Å². The lowest BCUT2D eigenvalue weighted by molar-refractivity contribution is -0.386. The fraction of sp³-hybridized carbons (Fsp3) is 0.938. The molecule has 3 fully saturated rings. The van der Waals surface area contributed by atoms with Crippen molar-refractivity contribution in [2.45, 2.75) is 452 Å². The molecule has 0 spiro atoms. The van der Waals surface area contributed by atoms with Gasteiger partial charge in [0.2, 0.25) is 11.8 Å². The quantitative estimate of drug-likeness (QED) is 0.0199. The Morgan fingerprint density at radius 2 is 0.903 bits per heavy atom. The highest BCUT2D eigenvalue weighted by Gasteiger charge is 2.60. The molecule has 0 aromatic carbocycles. The molecule has 3 aliphatic rings. The SMILES string of the molecule is CCCCCCCCCCCCCCCCCCCCCCCC/C=C/C(O)C(COC1OC(CO)C(OC2OC(CO)C(O)C(OC3(C(=O)O)CC(O)C(NC(C)=O)C(C(O)C(O)CO)O3)C2O)C(O)C1O)NC(=O)CCCCCCCCCCCCCCCCCCCCCCCCCCC. The minimum Gasteiger partial charge on any atom is -0.477 e. The Morgan fingerprint density at radius 1 is 0.505 bits per heavy atom. The van der Waals surface area contributed by atoms with Crippen LogP contribution in [0.15, 0.2) is 12.2 Å². The molecule has 23 nitrogen and oxygen atoms in total. The van der Waals surface area contributed by atoms with Crippen molar-refractivity contribution < 1.29 is 104 Å². The molecule has 606 valence electrons. The van der Waals surface area contributed by atoms with Crippen LogP contribution >= 0.6 is 0 Å². The minimum atomic E-state index is -3.08. The van der Waals surface area contributed by atoms with Crippen LogP contribution in [0.25, 0.3) is 0 Å². The minimum absolute atomic E-state index is 0.206. The molecule has 2 amide bonds. The van der Waals surface area contributed by atoms with E-state index in [0.29, 0.717) is 12.8 Å². The number of unbranched alkanes of at least 4 members (excludes halogenated alkanes) is 46. The normalized spacial score (nSPS) is 26.5. The molecule has 0 aromatic rings. The Bertz CT molecular complexity index is 2100. The number of hydrogen-bond acceptors (Lipinski definition) is 20. The van der Waals surface area contributed by atoms with Gasteiger partial charge in [0, 0.05) is 19.8 Å². The lowest BCUT2D eigenvalue weighted by Crippen LogP contribution is -2.70. The van der Waals surface area contributed by atoms with Crippen molar-refractivity contribution in [3.8, 4) is 0 Å². The number of ether oxygens (including phenoxy) is 6. The molecular formula is C80H150N2O21. The zero-order valence-corrected chi connectivity index (χ0v) is 64.2. The molecule has 0 saturated carbocycles. The number of carboxylic acid groups (broad SMARTS) is 1. The van der Waals surface area contributed by atoms with Gasteiger partial charge in [-0.2, -0.15) is 0 Å². The van der Waals surface area contributed by atoms with Gasteiger partial charge in [-0.15, -0.1) is 0 Å². The van der Waals surface area contributed by atoms with Gasteiger partial charge in [-0.25, -0.2) is 4.79 Å². The first kappa shape index (κ1) is 94.7. The van der Waals surface area contributed by atoms with Gasteiger partial charge in [0.25, 0.3) is 5.79 Å². The molecule has 0 radical (unpaired) electrons. The molecule has 18 atom stereocenters. The van der Waals surface area contributed by atoms with Crippen LogP contribution in [0.2, 0.25) is 0 Å². The molecule has 3 aliphatic heterocycles. The van der Waals surface area contributed by atoms with E-state index < -0.39 is 155 Å². The number of aliphatic hydroxyl groups excluding tert-OH is 11. The molecular weight excluding hydrogens is 1320 g/mol. The average molecular weight is 1480 g/mol. The van der Waals surface area contributed by atoms with E-state index in [1.165, 1.54) is 250 Å². The molecule has 0 aliphatic carbocycles. The molecule has 18 unspecified atom stereocenters. The molecule has 3 heterocycles. The van der Waals surface area contributed by atoms with Crippen LogP contribution in [0.1, 0.15) is 342 Å². The third kappa shape index (κ3) is 39.6. The highest BCUT2D eigenvalue weighted by Crippen LogP contribution is 2.39. The summed E-state index contributed by atoms with van der Waals surface area (Å²) >= 11 is 0. The summed E-state index contributed by atoms with van der Waals surface area (Å²) in [5, 5.41) is 136. The van der Waals surface area contributed by atoms with E-state index in [2.05, 4.69) is 24.5 Å². The Hall–Kier alpha value is -2.53. The predicted molar refractivity (Wildman–Crippen MR) is 398 cm³/mol. The second-order valence-electron chi connectivity index (χ2n) is 30.4. The number of nitrogens with one attached hydrogen (secondary N) is 2.